The zero-order valence-electron chi connectivity index (χ0n) is 18.8. The van der Waals surface area contributed by atoms with Crippen molar-refractivity contribution in [3.63, 3.8) is 0 Å². The minimum Gasteiger partial charge on any atom is -0.457 e. The van der Waals surface area contributed by atoms with E-state index >= 15 is 0 Å². The predicted octanol–water partition coefficient (Wildman–Crippen LogP) is 6.39. The van der Waals surface area contributed by atoms with E-state index in [0.29, 0.717) is 33.8 Å². The van der Waals surface area contributed by atoms with Gasteiger partial charge in [0.05, 0.1) is 10.2 Å². The first kappa shape index (κ1) is 24.6. The topological polar surface area (TPSA) is 96.3 Å². The normalized spacial score (nSPS) is 11.1. The minimum absolute atomic E-state index is 0.0929. The van der Waals surface area contributed by atoms with Crippen LogP contribution in [0.4, 0.5) is 10.8 Å². The van der Waals surface area contributed by atoms with Gasteiger partial charge in [-0.25, -0.2) is 4.98 Å². The summed E-state index contributed by atoms with van der Waals surface area (Å²) in [5.41, 5.74) is 3.29. The lowest BCUT2D eigenvalue weighted by molar-refractivity contribution is -0.116. The van der Waals surface area contributed by atoms with E-state index in [9.17, 15) is 9.59 Å². The van der Waals surface area contributed by atoms with Crippen LogP contribution in [0.15, 0.2) is 59.0 Å². The molecule has 0 saturated heterocycles. The number of carbonyl (C=O) groups excluding carboxylic acids is 2. The van der Waals surface area contributed by atoms with Crippen molar-refractivity contribution in [2.45, 2.75) is 20.3 Å². The highest BCUT2D eigenvalue weighted by atomic mass is 35.5. The molecular formula is C25H21ClN4O3S2. The third kappa shape index (κ3) is 6.33. The van der Waals surface area contributed by atoms with Crippen molar-refractivity contribution in [3.05, 3.63) is 71.0 Å². The average Bonchev–Trinajstić information content (AvgIpc) is 3.45. The first-order chi connectivity index (χ1) is 16.8. The molecule has 0 radical (unpaired) electrons. The van der Waals surface area contributed by atoms with Crippen molar-refractivity contribution in [2.75, 3.05) is 10.6 Å². The first-order valence-electron chi connectivity index (χ1n) is 10.7. The second kappa shape index (κ2) is 10.8. The van der Waals surface area contributed by atoms with E-state index in [-0.39, 0.29) is 11.0 Å². The monoisotopic (exact) mass is 524 g/mol. The fraction of sp³-hybridized carbons (Fsp3) is 0.120. The largest absolute Gasteiger partial charge is 0.457 e. The fourth-order valence-corrected chi connectivity index (χ4v) is 4.40. The summed E-state index contributed by atoms with van der Waals surface area (Å²) in [7, 11) is 0. The van der Waals surface area contributed by atoms with Crippen LogP contribution in [0.2, 0.25) is 5.02 Å². The number of rotatable bonds is 6. The van der Waals surface area contributed by atoms with Gasteiger partial charge in [-0.1, -0.05) is 42.0 Å². The van der Waals surface area contributed by atoms with Gasteiger partial charge in [0.15, 0.2) is 10.2 Å². The molecular weight excluding hydrogens is 504 g/mol. The maximum absolute atomic E-state index is 12.3. The summed E-state index contributed by atoms with van der Waals surface area (Å²) in [5.74, 6) is 0.680. The Morgan fingerprint density at radius 2 is 1.97 bits per heavy atom. The van der Waals surface area contributed by atoms with Crippen LogP contribution in [-0.4, -0.2) is 21.9 Å². The minimum atomic E-state index is -0.401. The highest BCUT2D eigenvalue weighted by molar-refractivity contribution is 7.80. The highest BCUT2D eigenvalue weighted by Gasteiger charge is 2.09. The Morgan fingerprint density at radius 1 is 1.14 bits per heavy atom. The van der Waals surface area contributed by atoms with Crippen LogP contribution in [0, 0.1) is 6.92 Å². The Labute approximate surface area is 216 Å². The Balaban J connectivity index is 1.34. The van der Waals surface area contributed by atoms with Crippen LogP contribution in [0.5, 0.6) is 0 Å². The van der Waals surface area contributed by atoms with Gasteiger partial charge in [-0.05, 0) is 67.2 Å². The zero-order valence-corrected chi connectivity index (χ0v) is 21.2. The van der Waals surface area contributed by atoms with Crippen molar-refractivity contribution in [2.24, 2.45) is 0 Å². The quantitative estimate of drug-likeness (QED) is 0.200. The van der Waals surface area contributed by atoms with Crippen molar-refractivity contribution < 1.29 is 14.0 Å². The molecule has 10 heteroatoms. The maximum atomic E-state index is 12.3. The van der Waals surface area contributed by atoms with E-state index in [0.717, 1.165) is 21.3 Å². The number of aromatic nitrogens is 1. The van der Waals surface area contributed by atoms with E-state index in [4.69, 9.17) is 28.2 Å². The first-order valence-corrected chi connectivity index (χ1v) is 12.3. The van der Waals surface area contributed by atoms with E-state index in [1.165, 1.54) is 17.4 Å². The number of anilines is 2. The van der Waals surface area contributed by atoms with Gasteiger partial charge in [0, 0.05) is 28.8 Å². The molecule has 0 fully saturated rings. The summed E-state index contributed by atoms with van der Waals surface area (Å²) in [6, 6.07) is 14.7. The van der Waals surface area contributed by atoms with E-state index in [1.807, 2.05) is 43.3 Å². The van der Waals surface area contributed by atoms with Crippen LogP contribution in [-0.2, 0) is 9.59 Å². The molecule has 7 nitrogen and oxygen atoms in total. The Kier molecular flexibility index (Phi) is 7.60. The van der Waals surface area contributed by atoms with Gasteiger partial charge in [0.25, 0.3) is 0 Å². The van der Waals surface area contributed by atoms with Crippen LogP contribution in [0.25, 0.3) is 27.6 Å². The molecule has 3 N–H and O–H groups in total. The number of fused-ring (bicyclic) bond motifs is 1. The summed E-state index contributed by atoms with van der Waals surface area (Å²) in [6.07, 6.45) is 3.29. The molecule has 35 heavy (non-hydrogen) atoms. The molecule has 0 bridgehead atoms. The van der Waals surface area contributed by atoms with E-state index < -0.39 is 5.91 Å². The van der Waals surface area contributed by atoms with Gasteiger partial charge in [-0.3, -0.25) is 14.9 Å². The number of halogens is 1. The van der Waals surface area contributed by atoms with Crippen molar-refractivity contribution in [3.8, 4) is 11.3 Å². The van der Waals surface area contributed by atoms with Crippen molar-refractivity contribution in [1.82, 2.24) is 10.3 Å². The fourth-order valence-electron chi connectivity index (χ4n) is 3.08. The number of thiazole rings is 1. The second-order valence-corrected chi connectivity index (χ2v) is 9.39. The number of nitrogens with zero attached hydrogens (tertiary/aromatic N) is 1. The highest BCUT2D eigenvalue weighted by Crippen LogP contribution is 2.29. The van der Waals surface area contributed by atoms with Gasteiger partial charge in [0.1, 0.15) is 11.5 Å². The second-order valence-electron chi connectivity index (χ2n) is 7.55. The number of hydrogen-bond acceptors (Lipinski definition) is 6. The van der Waals surface area contributed by atoms with Gasteiger partial charge >= 0.3 is 0 Å². The van der Waals surface area contributed by atoms with Crippen LogP contribution < -0.4 is 16.0 Å². The van der Waals surface area contributed by atoms with Crippen molar-refractivity contribution in [1.29, 1.82) is 0 Å². The molecule has 0 aliphatic heterocycles. The number of hydrogen-bond donors (Lipinski definition) is 3. The van der Waals surface area contributed by atoms with Gasteiger partial charge in [-0.15, -0.1) is 0 Å². The zero-order chi connectivity index (χ0) is 24.9. The molecule has 4 rings (SSSR count). The molecule has 178 valence electrons. The number of nitrogens with one attached hydrogen (secondary N) is 3. The van der Waals surface area contributed by atoms with E-state index in [2.05, 4.69) is 20.9 Å². The summed E-state index contributed by atoms with van der Waals surface area (Å²) < 4.78 is 6.66. The summed E-state index contributed by atoms with van der Waals surface area (Å²) in [5, 5.41) is 9.69. The van der Waals surface area contributed by atoms with Crippen LogP contribution in [0.1, 0.15) is 24.7 Å². The molecule has 0 spiro atoms. The average molecular weight is 525 g/mol. The van der Waals surface area contributed by atoms with Crippen molar-refractivity contribution >= 4 is 79.2 Å². The number of aryl methyl sites for hydroxylation is 1. The molecule has 0 aliphatic carbocycles. The summed E-state index contributed by atoms with van der Waals surface area (Å²) in [6.45, 7) is 3.71. The third-order valence-corrected chi connectivity index (χ3v) is 6.48. The smallest absolute Gasteiger partial charge is 0.250 e. The van der Waals surface area contributed by atoms with Crippen LogP contribution >= 0.6 is 35.2 Å². The molecule has 2 amide bonds. The lowest BCUT2D eigenvalue weighted by Crippen LogP contribution is -2.32. The number of carbonyl (C=O) groups is 2. The Bertz CT molecular complexity index is 1460. The molecule has 0 saturated carbocycles. The lowest BCUT2D eigenvalue weighted by Gasteiger charge is -2.07. The van der Waals surface area contributed by atoms with Gasteiger partial charge in [-0.2, -0.15) is 0 Å². The Hall–Kier alpha value is -3.53. The Morgan fingerprint density at radius 3 is 2.74 bits per heavy atom. The molecule has 0 unspecified atom stereocenters. The molecule has 0 aliphatic rings. The predicted molar refractivity (Wildman–Crippen MR) is 146 cm³/mol. The number of furan rings is 1. The molecule has 2 aromatic heterocycles. The van der Waals surface area contributed by atoms with Crippen LogP contribution in [0.3, 0.4) is 0 Å². The molecule has 2 aromatic carbocycles. The third-order valence-electron chi connectivity index (χ3n) is 4.93. The molecule has 4 aromatic rings. The maximum Gasteiger partial charge on any atom is 0.250 e. The van der Waals surface area contributed by atoms with Gasteiger partial charge < -0.3 is 15.1 Å². The van der Waals surface area contributed by atoms with E-state index in [1.54, 1.807) is 25.1 Å². The number of amides is 2. The molecule has 0 atom stereocenters. The summed E-state index contributed by atoms with van der Waals surface area (Å²) in [4.78, 5) is 28.2. The number of thiocarbonyl (C=S) groups is 1. The van der Waals surface area contributed by atoms with Gasteiger partial charge in [0.2, 0.25) is 11.8 Å². The summed E-state index contributed by atoms with van der Waals surface area (Å²) >= 11 is 12.8. The lowest BCUT2D eigenvalue weighted by atomic mass is 10.1. The standard InChI is InChI=1S/C25H21ClN4O3S2/c1-3-22(31)30-25-28-19-9-6-16(13-21(19)35-25)27-24(34)29-23(32)11-8-17-7-10-20(33-17)15-5-4-14(2)18(26)12-15/h4-13H,3H2,1-2H3,(H,28,30,31)(H2,27,29,32,34)/b11-8+. The number of benzene rings is 2. The SMILES string of the molecule is CCC(=O)Nc1nc2ccc(NC(=S)NC(=O)/C=C/c3ccc(-c4ccc(C)c(Cl)c4)o3)cc2s1. The molecule has 2 heterocycles.